The van der Waals surface area contributed by atoms with Crippen molar-refractivity contribution < 1.29 is 4.79 Å². The summed E-state index contributed by atoms with van der Waals surface area (Å²) >= 11 is 0. The molecule has 0 aliphatic carbocycles. The van der Waals surface area contributed by atoms with E-state index in [0.717, 1.165) is 17.7 Å². The number of nitrogens with one attached hydrogen (secondary N) is 1. The van der Waals surface area contributed by atoms with Gasteiger partial charge in [0, 0.05) is 19.2 Å². The highest BCUT2D eigenvalue weighted by atomic mass is 16.1. The van der Waals surface area contributed by atoms with E-state index in [1.54, 1.807) is 13.1 Å². The number of aromatic nitrogens is 1. The van der Waals surface area contributed by atoms with E-state index in [-0.39, 0.29) is 5.91 Å². The van der Waals surface area contributed by atoms with Gasteiger partial charge in [0.2, 0.25) is 0 Å². The van der Waals surface area contributed by atoms with E-state index in [1.807, 2.05) is 25.1 Å². The van der Waals surface area contributed by atoms with E-state index in [0.29, 0.717) is 5.69 Å². The number of nitrogens with zero attached hydrogens (tertiary/aromatic N) is 1. The van der Waals surface area contributed by atoms with E-state index in [9.17, 15) is 4.79 Å². The zero-order valence-corrected chi connectivity index (χ0v) is 11.5. The maximum Gasteiger partial charge on any atom is 0.269 e. The highest BCUT2D eigenvalue weighted by Crippen LogP contribution is 2.14. The van der Waals surface area contributed by atoms with Gasteiger partial charge in [-0.3, -0.25) is 4.79 Å². The van der Waals surface area contributed by atoms with Crippen molar-refractivity contribution >= 4 is 5.91 Å². The fourth-order valence-corrected chi connectivity index (χ4v) is 2.08. The topological polar surface area (TPSA) is 42.0 Å². The summed E-state index contributed by atoms with van der Waals surface area (Å²) in [6.07, 6.45) is 0.748. The van der Waals surface area contributed by atoms with Gasteiger partial charge in [-0.2, -0.15) is 0 Å². The van der Waals surface area contributed by atoms with Crippen LogP contribution in [0.15, 0.2) is 36.4 Å². The number of hydrogen-bond donors (Lipinski definition) is 1. The third kappa shape index (κ3) is 3.19. The maximum atomic E-state index is 11.7. The Morgan fingerprint density at radius 3 is 2.63 bits per heavy atom. The van der Waals surface area contributed by atoms with Gasteiger partial charge in [-0.15, -0.1) is 0 Å². The Morgan fingerprint density at radius 2 is 1.95 bits per heavy atom. The van der Waals surface area contributed by atoms with Gasteiger partial charge in [0.15, 0.2) is 0 Å². The number of amides is 1. The van der Waals surface area contributed by atoms with Crippen LogP contribution < -0.4 is 5.32 Å². The quantitative estimate of drug-likeness (QED) is 0.915. The summed E-state index contributed by atoms with van der Waals surface area (Å²) < 4.78 is 0. The second kappa shape index (κ2) is 5.65. The van der Waals surface area contributed by atoms with Gasteiger partial charge < -0.3 is 5.32 Å². The molecule has 0 atom stereocenters. The molecule has 1 aromatic carbocycles. The predicted octanol–water partition coefficient (Wildman–Crippen LogP) is 2.65. The summed E-state index contributed by atoms with van der Waals surface area (Å²) in [5.74, 6) is -0.144. The fraction of sp³-hybridized carbons (Fsp3) is 0.250. The van der Waals surface area contributed by atoms with Crippen molar-refractivity contribution in [2.24, 2.45) is 0 Å². The molecule has 19 heavy (non-hydrogen) atoms. The van der Waals surface area contributed by atoms with Crippen LogP contribution in [0, 0.1) is 13.8 Å². The first-order valence-corrected chi connectivity index (χ1v) is 6.34. The first-order chi connectivity index (χ1) is 9.10. The number of benzene rings is 1. The molecule has 0 saturated heterocycles. The van der Waals surface area contributed by atoms with E-state index < -0.39 is 0 Å². The summed E-state index contributed by atoms with van der Waals surface area (Å²) in [5, 5.41) is 2.61. The second-order valence-electron chi connectivity index (χ2n) is 4.70. The lowest BCUT2D eigenvalue weighted by Gasteiger charge is -2.08. The van der Waals surface area contributed by atoms with Gasteiger partial charge in [-0.1, -0.05) is 24.3 Å². The zero-order valence-electron chi connectivity index (χ0n) is 11.5. The molecule has 0 unspecified atom stereocenters. The SMILES string of the molecule is CNC(=O)c1cc(C)cc(Cc2ccccc2C)n1. The minimum Gasteiger partial charge on any atom is -0.354 e. The molecule has 0 aliphatic rings. The lowest BCUT2D eigenvalue weighted by Crippen LogP contribution is -2.20. The Kier molecular flexibility index (Phi) is 3.95. The predicted molar refractivity (Wildman–Crippen MR) is 76.3 cm³/mol. The molecule has 3 heteroatoms. The molecule has 1 heterocycles. The number of pyridine rings is 1. The molecule has 0 radical (unpaired) electrons. The van der Waals surface area contributed by atoms with Crippen LogP contribution in [0.25, 0.3) is 0 Å². The van der Waals surface area contributed by atoms with Crippen LogP contribution in [-0.2, 0) is 6.42 Å². The summed E-state index contributed by atoms with van der Waals surface area (Å²) in [6.45, 7) is 4.07. The second-order valence-corrected chi connectivity index (χ2v) is 4.70. The van der Waals surface area contributed by atoms with Gasteiger partial charge in [0.05, 0.1) is 0 Å². The van der Waals surface area contributed by atoms with Crippen LogP contribution in [0.2, 0.25) is 0 Å². The largest absolute Gasteiger partial charge is 0.354 e. The summed E-state index contributed by atoms with van der Waals surface area (Å²) in [4.78, 5) is 16.1. The number of aryl methyl sites for hydroxylation is 2. The third-order valence-electron chi connectivity index (χ3n) is 3.12. The molecule has 1 N–H and O–H groups in total. The molecule has 0 spiro atoms. The van der Waals surface area contributed by atoms with E-state index in [1.165, 1.54) is 11.1 Å². The molecule has 98 valence electrons. The van der Waals surface area contributed by atoms with E-state index >= 15 is 0 Å². The van der Waals surface area contributed by atoms with Crippen LogP contribution in [0.5, 0.6) is 0 Å². The van der Waals surface area contributed by atoms with Crippen molar-refractivity contribution in [3.05, 3.63) is 64.5 Å². The minimum absolute atomic E-state index is 0.144. The molecule has 1 amide bonds. The monoisotopic (exact) mass is 254 g/mol. The van der Waals surface area contributed by atoms with Crippen LogP contribution in [0.3, 0.4) is 0 Å². The lowest BCUT2D eigenvalue weighted by atomic mass is 10.0. The van der Waals surface area contributed by atoms with Crippen LogP contribution in [0.4, 0.5) is 0 Å². The van der Waals surface area contributed by atoms with E-state index in [4.69, 9.17) is 0 Å². The van der Waals surface area contributed by atoms with Gasteiger partial charge >= 0.3 is 0 Å². The molecule has 0 aliphatic heterocycles. The van der Waals surface area contributed by atoms with Crippen molar-refractivity contribution in [1.29, 1.82) is 0 Å². The van der Waals surface area contributed by atoms with Gasteiger partial charge in [0.25, 0.3) is 5.91 Å². The van der Waals surface area contributed by atoms with E-state index in [2.05, 4.69) is 29.4 Å². The Bertz CT molecular complexity index is 605. The number of carbonyl (C=O) groups is 1. The lowest BCUT2D eigenvalue weighted by molar-refractivity contribution is 0.0958. The third-order valence-corrected chi connectivity index (χ3v) is 3.12. The molecule has 0 saturated carbocycles. The minimum atomic E-state index is -0.144. The normalized spacial score (nSPS) is 10.3. The first-order valence-electron chi connectivity index (χ1n) is 6.34. The molecule has 2 aromatic rings. The Hall–Kier alpha value is -2.16. The molecule has 1 aromatic heterocycles. The average Bonchev–Trinajstić information content (AvgIpc) is 2.40. The Balaban J connectivity index is 2.33. The molecule has 3 nitrogen and oxygen atoms in total. The summed E-state index contributed by atoms with van der Waals surface area (Å²) in [7, 11) is 1.62. The molecule has 2 rings (SSSR count). The highest BCUT2D eigenvalue weighted by Gasteiger charge is 2.08. The van der Waals surface area contributed by atoms with Crippen molar-refractivity contribution in [1.82, 2.24) is 10.3 Å². The maximum absolute atomic E-state index is 11.7. The molecular weight excluding hydrogens is 236 g/mol. The number of carbonyl (C=O) groups excluding carboxylic acids is 1. The van der Waals surface area contributed by atoms with Gasteiger partial charge in [0.1, 0.15) is 5.69 Å². The van der Waals surface area contributed by atoms with Crippen molar-refractivity contribution in [2.75, 3.05) is 7.05 Å². The molecule has 0 bridgehead atoms. The zero-order chi connectivity index (χ0) is 13.8. The van der Waals surface area contributed by atoms with Crippen LogP contribution >= 0.6 is 0 Å². The van der Waals surface area contributed by atoms with Gasteiger partial charge in [-0.25, -0.2) is 4.98 Å². The average molecular weight is 254 g/mol. The fourth-order valence-electron chi connectivity index (χ4n) is 2.08. The van der Waals surface area contributed by atoms with Crippen molar-refractivity contribution in [3.63, 3.8) is 0 Å². The Labute approximate surface area is 113 Å². The summed E-state index contributed by atoms with van der Waals surface area (Å²) in [5.41, 5.74) is 4.94. The highest BCUT2D eigenvalue weighted by molar-refractivity contribution is 5.92. The van der Waals surface area contributed by atoms with Crippen molar-refractivity contribution in [2.45, 2.75) is 20.3 Å². The standard InChI is InChI=1S/C16H18N2O/c1-11-8-14(18-15(9-11)16(19)17-3)10-13-7-5-4-6-12(13)2/h4-9H,10H2,1-3H3,(H,17,19). The van der Waals surface area contributed by atoms with Crippen LogP contribution in [0.1, 0.15) is 32.9 Å². The van der Waals surface area contributed by atoms with Crippen molar-refractivity contribution in [3.8, 4) is 0 Å². The summed E-state index contributed by atoms with van der Waals surface area (Å²) in [6, 6.07) is 12.1. The first kappa shape index (κ1) is 13.3. The molecular formula is C16H18N2O. The van der Waals surface area contributed by atoms with Crippen LogP contribution in [-0.4, -0.2) is 17.9 Å². The smallest absolute Gasteiger partial charge is 0.269 e. The number of rotatable bonds is 3. The van der Waals surface area contributed by atoms with Gasteiger partial charge in [-0.05, 0) is 42.7 Å². The Morgan fingerprint density at radius 1 is 1.21 bits per heavy atom. The number of hydrogen-bond acceptors (Lipinski definition) is 2. The molecule has 0 fully saturated rings.